The SMILES string of the molecule is COc1ccc(CN2CCC(F)(F)C3(CCN(c4ncccn4)C3)C2)cc1.O=C(O)C(F)(F)F.O=C(O)C(F)(F)F. The van der Waals surface area contributed by atoms with E-state index in [4.69, 9.17) is 24.5 Å². The summed E-state index contributed by atoms with van der Waals surface area (Å²) >= 11 is 0. The molecule has 17 heteroatoms. The Morgan fingerprint density at radius 1 is 0.902 bits per heavy atom. The third-order valence-corrected chi connectivity index (χ3v) is 6.28. The van der Waals surface area contributed by atoms with E-state index in [0.717, 1.165) is 11.3 Å². The summed E-state index contributed by atoms with van der Waals surface area (Å²) in [6.07, 6.45) is -6.51. The molecule has 9 nitrogen and oxygen atoms in total. The van der Waals surface area contributed by atoms with Crippen LogP contribution in [0.1, 0.15) is 18.4 Å². The predicted molar refractivity (Wildman–Crippen MR) is 127 cm³/mol. The summed E-state index contributed by atoms with van der Waals surface area (Å²) < 4.78 is 98.6. The van der Waals surface area contributed by atoms with Crippen LogP contribution < -0.4 is 9.64 Å². The number of rotatable bonds is 4. The fourth-order valence-electron chi connectivity index (χ4n) is 4.24. The van der Waals surface area contributed by atoms with Crippen LogP contribution in [0.2, 0.25) is 0 Å². The predicted octanol–water partition coefficient (Wildman–Crippen LogP) is 4.49. The molecule has 1 aromatic heterocycles. The molecule has 1 unspecified atom stereocenters. The normalized spacial score (nSPS) is 20.4. The number of methoxy groups -OCH3 is 1. The highest BCUT2D eigenvalue weighted by Crippen LogP contribution is 2.50. The smallest absolute Gasteiger partial charge is 0.490 e. The molecule has 2 fully saturated rings. The van der Waals surface area contributed by atoms with Crippen molar-refractivity contribution in [3.05, 3.63) is 48.3 Å². The van der Waals surface area contributed by atoms with Gasteiger partial charge in [-0.15, -0.1) is 0 Å². The molecule has 2 saturated heterocycles. The van der Waals surface area contributed by atoms with Gasteiger partial charge in [0.2, 0.25) is 5.95 Å². The van der Waals surface area contributed by atoms with E-state index in [-0.39, 0.29) is 6.42 Å². The lowest BCUT2D eigenvalue weighted by atomic mass is 9.75. The summed E-state index contributed by atoms with van der Waals surface area (Å²) in [5.74, 6) is -6.85. The summed E-state index contributed by atoms with van der Waals surface area (Å²) in [5.41, 5.74) is 0.0640. The van der Waals surface area contributed by atoms with Gasteiger partial charge in [-0.05, 0) is 30.2 Å². The number of hydrogen-bond donors (Lipinski definition) is 2. The minimum absolute atomic E-state index is 0.105. The molecule has 4 rings (SSSR count). The number of aliphatic carboxylic acids is 2. The van der Waals surface area contributed by atoms with E-state index < -0.39 is 35.6 Å². The van der Waals surface area contributed by atoms with E-state index in [1.165, 1.54) is 0 Å². The molecule has 2 N–H and O–H groups in total. The van der Waals surface area contributed by atoms with E-state index in [0.29, 0.717) is 45.1 Å². The average Bonchev–Trinajstić information content (AvgIpc) is 3.33. The Labute approximate surface area is 228 Å². The van der Waals surface area contributed by atoms with Crippen molar-refractivity contribution in [2.75, 3.05) is 38.2 Å². The summed E-state index contributed by atoms with van der Waals surface area (Å²) in [6, 6.07) is 9.55. The number of aromatic nitrogens is 2. The molecule has 1 spiro atoms. The summed E-state index contributed by atoms with van der Waals surface area (Å²) in [7, 11) is 1.63. The van der Waals surface area contributed by atoms with E-state index in [1.54, 1.807) is 25.6 Å². The number of benzene rings is 1. The molecule has 3 heterocycles. The molecule has 0 amide bonds. The Kier molecular flexibility index (Phi) is 10.8. The van der Waals surface area contributed by atoms with Crippen LogP contribution in [0, 0.1) is 5.41 Å². The molecule has 0 saturated carbocycles. The molecule has 0 bridgehead atoms. The number of nitrogens with zero attached hydrogens (tertiary/aromatic N) is 4. The Morgan fingerprint density at radius 3 is 1.88 bits per heavy atom. The summed E-state index contributed by atoms with van der Waals surface area (Å²) in [5, 5.41) is 14.2. The number of piperidine rings is 1. The minimum atomic E-state index is -5.08. The number of ether oxygens (including phenoxy) is 1. The van der Waals surface area contributed by atoms with Crippen molar-refractivity contribution in [2.45, 2.75) is 37.7 Å². The highest BCUT2D eigenvalue weighted by Gasteiger charge is 2.59. The Bertz CT molecular complexity index is 1130. The van der Waals surface area contributed by atoms with Crippen LogP contribution in [0.5, 0.6) is 5.75 Å². The van der Waals surface area contributed by atoms with Gasteiger partial charge in [0.1, 0.15) is 5.75 Å². The van der Waals surface area contributed by atoms with Crippen molar-refractivity contribution < 1.29 is 59.7 Å². The number of halogens is 8. The Morgan fingerprint density at radius 2 is 1.41 bits per heavy atom. The molecule has 2 aromatic rings. The second kappa shape index (κ2) is 13.3. The first-order chi connectivity index (χ1) is 18.9. The number of hydrogen-bond acceptors (Lipinski definition) is 7. The number of carboxylic acids is 2. The van der Waals surface area contributed by atoms with Crippen LogP contribution >= 0.6 is 0 Å². The maximum atomic E-state index is 15.0. The van der Waals surface area contributed by atoms with Gasteiger partial charge in [-0.1, -0.05) is 12.1 Å². The van der Waals surface area contributed by atoms with Crippen molar-refractivity contribution in [3.8, 4) is 5.75 Å². The zero-order chi connectivity index (χ0) is 31.1. The molecule has 228 valence electrons. The van der Waals surface area contributed by atoms with Crippen LogP contribution in [0.25, 0.3) is 0 Å². The second-order valence-corrected chi connectivity index (χ2v) is 9.12. The molecular formula is C24H26F8N4O5. The van der Waals surface area contributed by atoms with Gasteiger partial charge < -0.3 is 19.8 Å². The lowest BCUT2D eigenvalue weighted by molar-refractivity contribution is -0.193. The topological polar surface area (TPSA) is 116 Å². The molecule has 41 heavy (non-hydrogen) atoms. The van der Waals surface area contributed by atoms with Crippen molar-refractivity contribution >= 4 is 17.9 Å². The number of likely N-dealkylation sites (tertiary alicyclic amines) is 1. The van der Waals surface area contributed by atoms with Gasteiger partial charge >= 0.3 is 24.3 Å². The van der Waals surface area contributed by atoms with Gasteiger partial charge in [0, 0.05) is 51.5 Å². The molecule has 0 aliphatic carbocycles. The number of carboxylic acid groups (broad SMARTS) is 2. The average molecular weight is 602 g/mol. The van der Waals surface area contributed by atoms with Crippen LogP contribution in [-0.4, -0.2) is 88.6 Å². The van der Waals surface area contributed by atoms with Crippen LogP contribution in [0.3, 0.4) is 0 Å². The zero-order valence-electron chi connectivity index (χ0n) is 21.4. The highest BCUT2D eigenvalue weighted by molar-refractivity contribution is 5.73. The summed E-state index contributed by atoms with van der Waals surface area (Å²) in [4.78, 5) is 30.3. The molecule has 1 aromatic carbocycles. The van der Waals surface area contributed by atoms with Crippen molar-refractivity contribution in [1.82, 2.24) is 14.9 Å². The minimum Gasteiger partial charge on any atom is -0.497 e. The Balaban J connectivity index is 0.000000349. The van der Waals surface area contributed by atoms with Gasteiger partial charge in [0.05, 0.1) is 12.5 Å². The van der Waals surface area contributed by atoms with Gasteiger partial charge in [-0.2, -0.15) is 26.3 Å². The van der Waals surface area contributed by atoms with E-state index >= 15 is 0 Å². The third kappa shape index (κ3) is 9.40. The molecule has 2 aliphatic heterocycles. The number of anilines is 1. The van der Waals surface area contributed by atoms with Gasteiger partial charge in [0.15, 0.2) is 0 Å². The van der Waals surface area contributed by atoms with Gasteiger partial charge in [-0.3, -0.25) is 4.90 Å². The monoisotopic (exact) mass is 602 g/mol. The van der Waals surface area contributed by atoms with Gasteiger partial charge in [-0.25, -0.2) is 28.3 Å². The van der Waals surface area contributed by atoms with Gasteiger partial charge in [0.25, 0.3) is 5.92 Å². The maximum absolute atomic E-state index is 15.0. The van der Waals surface area contributed by atoms with Crippen molar-refractivity contribution in [1.29, 1.82) is 0 Å². The lowest BCUT2D eigenvalue weighted by Gasteiger charge is -2.46. The van der Waals surface area contributed by atoms with Crippen LogP contribution in [-0.2, 0) is 16.1 Å². The standard InChI is InChI=1S/C20H24F2N4O.2C2HF3O2/c1-27-17-5-3-16(4-6-17)13-25-11-8-20(21,22)19(14-25)7-12-26(15-19)18-23-9-2-10-24-18;2*3-2(4,5)1(6)7/h2-6,9-10H,7-8,11-15H2,1H3;2*(H,6,7). The fourth-order valence-corrected chi connectivity index (χ4v) is 4.24. The largest absolute Gasteiger partial charge is 0.497 e. The second-order valence-electron chi connectivity index (χ2n) is 9.12. The maximum Gasteiger partial charge on any atom is 0.490 e. The number of carbonyl (C=O) groups is 2. The van der Waals surface area contributed by atoms with E-state index in [2.05, 4.69) is 14.9 Å². The highest BCUT2D eigenvalue weighted by atomic mass is 19.4. The first kappa shape index (κ1) is 33.4. The van der Waals surface area contributed by atoms with Crippen molar-refractivity contribution in [2.24, 2.45) is 5.41 Å². The molecular weight excluding hydrogens is 576 g/mol. The quantitative estimate of drug-likeness (QED) is 0.489. The van der Waals surface area contributed by atoms with E-state index in [1.807, 2.05) is 29.2 Å². The van der Waals surface area contributed by atoms with Crippen LogP contribution in [0.15, 0.2) is 42.7 Å². The van der Waals surface area contributed by atoms with E-state index in [9.17, 15) is 35.1 Å². The Hall–Kier alpha value is -3.76. The first-order valence-electron chi connectivity index (χ1n) is 11.8. The third-order valence-electron chi connectivity index (χ3n) is 6.28. The lowest BCUT2D eigenvalue weighted by Crippen LogP contribution is -2.56. The molecule has 2 aliphatic rings. The fraction of sp³-hybridized carbons (Fsp3) is 0.500. The molecule has 0 radical (unpaired) electrons. The summed E-state index contributed by atoms with van der Waals surface area (Å²) in [6.45, 7) is 2.32. The zero-order valence-corrected chi connectivity index (χ0v) is 21.4. The number of alkyl halides is 8. The first-order valence-corrected chi connectivity index (χ1v) is 11.8. The molecule has 1 atom stereocenters. The van der Waals surface area contributed by atoms with Crippen LogP contribution in [0.4, 0.5) is 41.1 Å². The van der Waals surface area contributed by atoms with Crippen molar-refractivity contribution in [3.63, 3.8) is 0 Å².